The van der Waals surface area contributed by atoms with Gasteiger partial charge in [0.1, 0.15) is 5.75 Å². The van der Waals surface area contributed by atoms with Crippen LogP contribution in [0, 0.1) is 13.8 Å². The summed E-state index contributed by atoms with van der Waals surface area (Å²) in [7, 11) is 0. The number of aryl methyl sites for hydroxylation is 2. The Balaban J connectivity index is 1.67. The number of para-hydroxylation sites is 1. The summed E-state index contributed by atoms with van der Waals surface area (Å²) < 4.78 is 5.55. The van der Waals surface area contributed by atoms with E-state index in [9.17, 15) is 9.59 Å². The molecule has 1 amide bonds. The van der Waals surface area contributed by atoms with Crippen LogP contribution in [0.2, 0.25) is 0 Å². The second-order valence-corrected chi connectivity index (χ2v) is 6.51. The third-order valence-electron chi connectivity index (χ3n) is 4.77. The fraction of sp³-hybridized carbons (Fsp3) is 0.333. The van der Waals surface area contributed by atoms with Gasteiger partial charge in [-0.3, -0.25) is 9.59 Å². The van der Waals surface area contributed by atoms with E-state index in [0.29, 0.717) is 24.3 Å². The van der Waals surface area contributed by atoms with E-state index in [1.807, 2.05) is 62.4 Å². The van der Waals surface area contributed by atoms with Gasteiger partial charge in [0.15, 0.2) is 12.4 Å². The minimum Gasteiger partial charge on any atom is -0.484 e. The molecule has 2 aromatic carbocycles. The molecule has 0 bridgehead atoms. The molecule has 1 aliphatic heterocycles. The predicted octanol–water partition coefficient (Wildman–Crippen LogP) is 3.56. The highest BCUT2D eigenvalue weighted by atomic mass is 16.5. The molecule has 1 heterocycles. The van der Waals surface area contributed by atoms with Crippen LogP contribution in [0.1, 0.15) is 34.3 Å². The standard InChI is InChI=1S/C21H23NO3/c1-15-10-11-17(13-16(15)2)21(24)19-9-6-12-22(19)20(23)14-25-18-7-4-3-5-8-18/h3-5,7-8,10-11,13,19H,6,9,12,14H2,1-2H3. The van der Waals surface area contributed by atoms with Crippen LogP contribution >= 0.6 is 0 Å². The van der Waals surface area contributed by atoms with Crippen molar-refractivity contribution in [1.29, 1.82) is 0 Å². The number of carbonyl (C=O) groups excluding carboxylic acids is 2. The number of Topliss-reactive ketones (excluding diaryl/α,β-unsaturated/α-hetero) is 1. The van der Waals surface area contributed by atoms with Crippen molar-refractivity contribution in [3.8, 4) is 5.75 Å². The minimum atomic E-state index is -0.381. The molecule has 4 nitrogen and oxygen atoms in total. The van der Waals surface area contributed by atoms with E-state index < -0.39 is 0 Å². The van der Waals surface area contributed by atoms with Gasteiger partial charge in [0.2, 0.25) is 0 Å². The Hall–Kier alpha value is -2.62. The van der Waals surface area contributed by atoms with E-state index in [1.165, 1.54) is 0 Å². The zero-order valence-electron chi connectivity index (χ0n) is 14.7. The number of carbonyl (C=O) groups is 2. The SMILES string of the molecule is Cc1ccc(C(=O)C2CCCN2C(=O)COc2ccccc2)cc1C. The molecule has 3 rings (SSSR count). The van der Waals surface area contributed by atoms with Gasteiger partial charge in [-0.2, -0.15) is 0 Å². The molecular formula is C21H23NO3. The molecule has 1 unspecified atom stereocenters. The Labute approximate surface area is 148 Å². The van der Waals surface area contributed by atoms with E-state index in [2.05, 4.69) is 0 Å². The molecule has 1 aliphatic rings. The highest BCUT2D eigenvalue weighted by molar-refractivity contribution is 6.02. The highest BCUT2D eigenvalue weighted by Gasteiger charge is 2.34. The molecule has 0 aliphatic carbocycles. The van der Waals surface area contributed by atoms with E-state index in [0.717, 1.165) is 17.5 Å². The summed E-state index contributed by atoms with van der Waals surface area (Å²) in [5, 5.41) is 0. The average Bonchev–Trinajstić information content (AvgIpc) is 3.12. The second kappa shape index (κ2) is 7.51. The molecule has 1 saturated heterocycles. The summed E-state index contributed by atoms with van der Waals surface area (Å²) in [5.41, 5.74) is 2.93. The van der Waals surface area contributed by atoms with Gasteiger partial charge in [0, 0.05) is 12.1 Å². The highest BCUT2D eigenvalue weighted by Crippen LogP contribution is 2.23. The largest absolute Gasteiger partial charge is 0.484 e. The van der Waals surface area contributed by atoms with Crippen molar-refractivity contribution < 1.29 is 14.3 Å². The first-order chi connectivity index (χ1) is 12.1. The van der Waals surface area contributed by atoms with Crippen LogP contribution in [0.15, 0.2) is 48.5 Å². The van der Waals surface area contributed by atoms with Crippen molar-refractivity contribution in [2.24, 2.45) is 0 Å². The number of nitrogens with zero attached hydrogens (tertiary/aromatic N) is 1. The zero-order valence-corrected chi connectivity index (χ0v) is 14.7. The lowest BCUT2D eigenvalue weighted by Crippen LogP contribution is -2.42. The Morgan fingerprint density at radius 2 is 1.84 bits per heavy atom. The fourth-order valence-corrected chi connectivity index (χ4v) is 3.17. The third kappa shape index (κ3) is 3.90. The molecule has 0 spiro atoms. The van der Waals surface area contributed by atoms with E-state index in [4.69, 9.17) is 4.74 Å². The Kier molecular flexibility index (Phi) is 5.17. The van der Waals surface area contributed by atoms with Crippen molar-refractivity contribution >= 4 is 11.7 Å². The van der Waals surface area contributed by atoms with Gasteiger partial charge in [-0.1, -0.05) is 30.3 Å². The molecule has 0 N–H and O–H groups in total. The lowest BCUT2D eigenvalue weighted by molar-refractivity contribution is -0.133. The predicted molar refractivity (Wildman–Crippen MR) is 96.9 cm³/mol. The molecule has 130 valence electrons. The molecule has 25 heavy (non-hydrogen) atoms. The molecule has 1 fully saturated rings. The van der Waals surface area contributed by atoms with Crippen molar-refractivity contribution in [2.75, 3.05) is 13.2 Å². The van der Waals surface area contributed by atoms with Gasteiger partial charge in [0.05, 0.1) is 6.04 Å². The van der Waals surface area contributed by atoms with Crippen LogP contribution in [0.3, 0.4) is 0 Å². The van der Waals surface area contributed by atoms with Crippen LogP contribution in [0.4, 0.5) is 0 Å². The van der Waals surface area contributed by atoms with E-state index >= 15 is 0 Å². The smallest absolute Gasteiger partial charge is 0.261 e. The van der Waals surface area contributed by atoms with E-state index in [-0.39, 0.29) is 24.3 Å². The topological polar surface area (TPSA) is 46.6 Å². The fourth-order valence-electron chi connectivity index (χ4n) is 3.17. The van der Waals surface area contributed by atoms with Gasteiger partial charge >= 0.3 is 0 Å². The Bertz CT molecular complexity index is 770. The van der Waals surface area contributed by atoms with Crippen molar-refractivity contribution in [3.63, 3.8) is 0 Å². The molecule has 4 heteroatoms. The van der Waals surface area contributed by atoms with Crippen LogP contribution in [-0.4, -0.2) is 35.8 Å². The maximum Gasteiger partial charge on any atom is 0.261 e. The Morgan fingerprint density at radius 3 is 2.56 bits per heavy atom. The maximum absolute atomic E-state index is 12.9. The van der Waals surface area contributed by atoms with Crippen molar-refractivity contribution in [2.45, 2.75) is 32.7 Å². The monoisotopic (exact) mass is 337 g/mol. The summed E-state index contributed by atoms with van der Waals surface area (Å²) in [4.78, 5) is 27.1. The number of ether oxygens (including phenoxy) is 1. The van der Waals surface area contributed by atoms with Crippen molar-refractivity contribution in [1.82, 2.24) is 4.90 Å². The first-order valence-corrected chi connectivity index (χ1v) is 8.65. The number of benzene rings is 2. The third-order valence-corrected chi connectivity index (χ3v) is 4.77. The molecule has 0 radical (unpaired) electrons. The quantitative estimate of drug-likeness (QED) is 0.784. The summed E-state index contributed by atoms with van der Waals surface area (Å²) in [6.07, 6.45) is 1.56. The maximum atomic E-state index is 12.9. The van der Waals surface area contributed by atoms with Crippen LogP contribution in [0.5, 0.6) is 5.75 Å². The summed E-state index contributed by atoms with van der Waals surface area (Å²) in [6, 6.07) is 14.6. The molecule has 0 saturated carbocycles. The number of hydrogen-bond donors (Lipinski definition) is 0. The molecule has 0 aromatic heterocycles. The summed E-state index contributed by atoms with van der Waals surface area (Å²) in [5.74, 6) is 0.546. The van der Waals surface area contributed by atoms with Crippen LogP contribution in [-0.2, 0) is 4.79 Å². The lowest BCUT2D eigenvalue weighted by Gasteiger charge is -2.24. The number of amides is 1. The van der Waals surface area contributed by atoms with Crippen molar-refractivity contribution in [3.05, 3.63) is 65.2 Å². The summed E-state index contributed by atoms with van der Waals surface area (Å²) in [6.45, 7) is 4.59. The van der Waals surface area contributed by atoms with Gasteiger partial charge < -0.3 is 9.64 Å². The lowest BCUT2D eigenvalue weighted by atomic mass is 9.98. The van der Waals surface area contributed by atoms with Gasteiger partial charge in [-0.15, -0.1) is 0 Å². The number of likely N-dealkylation sites (tertiary alicyclic amines) is 1. The first kappa shape index (κ1) is 17.2. The van der Waals surface area contributed by atoms with Gasteiger partial charge in [-0.05, 0) is 56.0 Å². The minimum absolute atomic E-state index is 0.0219. The Morgan fingerprint density at radius 1 is 1.08 bits per heavy atom. The number of hydrogen-bond acceptors (Lipinski definition) is 3. The van der Waals surface area contributed by atoms with Gasteiger partial charge in [0.25, 0.3) is 5.91 Å². The first-order valence-electron chi connectivity index (χ1n) is 8.65. The second-order valence-electron chi connectivity index (χ2n) is 6.51. The number of rotatable bonds is 5. The zero-order chi connectivity index (χ0) is 17.8. The average molecular weight is 337 g/mol. The molecule has 2 aromatic rings. The van der Waals surface area contributed by atoms with Crippen LogP contribution in [0.25, 0.3) is 0 Å². The molecule has 1 atom stereocenters. The normalized spacial score (nSPS) is 16.7. The van der Waals surface area contributed by atoms with Gasteiger partial charge in [-0.25, -0.2) is 0 Å². The molecular weight excluding hydrogens is 314 g/mol. The summed E-state index contributed by atoms with van der Waals surface area (Å²) >= 11 is 0. The number of ketones is 1. The van der Waals surface area contributed by atoms with E-state index in [1.54, 1.807) is 4.90 Å². The van der Waals surface area contributed by atoms with Crippen LogP contribution < -0.4 is 4.74 Å².